The minimum atomic E-state index is -3.90. The highest BCUT2D eigenvalue weighted by Gasteiger charge is 2.35. The van der Waals surface area contributed by atoms with Crippen LogP contribution in [0.25, 0.3) is 0 Å². The van der Waals surface area contributed by atoms with E-state index in [0.29, 0.717) is 17.7 Å². The number of amides is 3. The first-order chi connectivity index (χ1) is 17.1. The summed E-state index contributed by atoms with van der Waals surface area (Å²) in [4.78, 5) is 50.7. The van der Waals surface area contributed by atoms with Gasteiger partial charge in [0.2, 0.25) is 11.8 Å². The van der Waals surface area contributed by atoms with Crippen molar-refractivity contribution in [1.29, 1.82) is 0 Å². The van der Waals surface area contributed by atoms with Crippen molar-refractivity contribution in [2.45, 2.75) is 32.4 Å². The van der Waals surface area contributed by atoms with Crippen LogP contribution in [0.2, 0.25) is 0 Å². The summed E-state index contributed by atoms with van der Waals surface area (Å²) in [6, 6.07) is 13.2. The Morgan fingerprint density at radius 2 is 1.78 bits per heavy atom. The molecule has 12 heteroatoms. The summed E-state index contributed by atoms with van der Waals surface area (Å²) in [7, 11) is -3.90. The van der Waals surface area contributed by atoms with Crippen LogP contribution in [-0.2, 0) is 31.1 Å². The predicted octanol–water partition coefficient (Wildman–Crippen LogP) is 1.05. The van der Waals surface area contributed by atoms with Crippen molar-refractivity contribution >= 4 is 33.9 Å². The molecule has 0 radical (unpaired) electrons. The van der Waals surface area contributed by atoms with Crippen molar-refractivity contribution in [1.82, 2.24) is 19.2 Å². The Bertz CT molecular complexity index is 1220. The number of carboxylic acids is 1. The van der Waals surface area contributed by atoms with Gasteiger partial charge in [0.15, 0.2) is 0 Å². The molecular weight excluding hydrogens is 488 g/mol. The molecule has 3 rings (SSSR count). The summed E-state index contributed by atoms with van der Waals surface area (Å²) < 4.78 is 26.8. The van der Waals surface area contributed by atoms with Crippen LogP contribution in [0.4, 0.5) is 0 Å². The molecule has 2 aromatic carbocycles. The van der Waals surface area contributed by atoms with Gasteiger partial charge in [-0.1, -0.05) is 55.8 Å². The fourth-order valence-electron chi connectivity index (χ4n) is 3.77. The Labute approximate surface area is 209 Å². The molecule has 0 bridgehead atoms. The zero-order valence-corrected chi connectivity index (χ0v) is 20.5. The first kappa shape index (κ1) is 26.8. The van der Waals surface area contributed by atoms with Gasteiger partial charge in [-0.25, -0.2) is 4.72 Å². The van der Waals surface area contributed by atoms with Gasteiger partial charge in [-0.2, -0.15) is 12.7 Å². The molecule has 1 fully saturated rings. The van der Waals surface area contributed by atoms with E-state index in [1.54, 1.807) is 30.3 Å². The van der Waals surface area contributed by atoms with Crippen molar-refractivity contribution < 1.29 is 32.7 Å². The number of carbonyl (C=O) groups excluding carboxylic acids is 3. The molecule has 0 spiro atoms. The van der Waals surface area contributed by atoms with Gasteiger partial charge >= 0.3 is 16.2 Å². The van der Waals surface area contributed by atoms with E-state index in [-0.39, 0.29) is 18.7 Å². The number of carboxylic acid groups (broad SMARTS) is 1. The maximum absolute atomic E-state index is 13.5. The highest BCUT2D eigenvalue weighted by atomic mass is 32.2. The molecule has 11 nitrogen and oxygen atoms in total. The highest BCUT2D eigenvalue weighted by Crippen LogP contribution is 2.24. The molecule has 1 heterocycles. The molecule has 1 atom stereocenters. The average Bonchev–Trinajstić information content (AvgIpc) is 3.09. The third-order valence-electron chi connectivity index (χ3n) is 5.53. The van der Waals surface area contributed by atoms with Gasteiger partial charge in [-0.15, -0.1) is 0 Å². The fourth-order valence-corrected chi connectivity index (χ4v) is 4.86. The Morgan fingerprint density at radius 1 is 1.11 bits per heavy atom. The number of unbranched alkanes of at least 4 members (excludes halogenated alkanes) is 1. The predicted molar refractivity (Wildman–Crippen MR) is 130 cm³/mol. The molecule has 3 N–H and O–H groups in total. The first-order valence-electron chi connectivity index (χ1n) is 11.4. The molecule has 0 saturated carbocycles. The van der Waals surface area contributed by atoms with Crippen LogP contribution >= 0.6 is 0 Å². The number of aliphatic carboxylic acids is 1. The highest BCUT2D eigenvalue weighted by molar-refractivity contribution is 7.88. The second-order valence-corrected chi connectivity index (χ2v) is 9.95. The SMILES string of the molecule is CCCCNC(=O)C(c1ccccc1)N(CC(=O)O)C(=O)c1ccc(CN2CC(=O)NS2(=O)=O)cc1. The van der Waals surface area contributed by atoms with Crippen LogP contribution in [0, 0.1) is 0 Å². The van der Waals surface area contributed by atoms with Gasteiger partial charge in [-0.3, -0.25) is 19.2 Å². The van der Waals surface area contributed by atoms with E-state index in [4.69, 9.17) is 0 Å². The van der Waals surface area contributed by atoms with E-state index in [0.717, 1.165) is 22.0 Å². The monoisotopic (exact) mass is 516 g/mol. The third-order valence-corrected chi connectivity index (χ3v) is 6.96. The van der Waals surface area contributed by atoms with Crippen molar-refractivity contribution in [2.75, 3.05) is 19.6 Å². The number of hydrogen-bond donors (Lipinski definition) is 3. The Kier molecular flexibility index (Phi) is 8.78. The molecule has 0 aromatic heterocycles. The second-order valence-electron chi connectivity index (χ2n) is 8.28. The number of benzene rings is 2. The number of nitrogens with zero attached hydrogens (tertiary/aromatic N) is 2. The van der Waals surface area contributed by atoms with Gasteiger partial charge in [0, 0.05) is 18.7 Å². The van der Waals surface area contributed by atoms with Crippen LogP contribution in [0.5, 0.6) is 0 Å². The minimum absolute atomic E-state index is 0.0825. The minimum Gasteiger partial charge on any atom is -0.480 e. The van der Waals surface area contributed by atoms with E-state index in [1.807, 2.05) is 11.6 Å². The number of rotatable bonds is 11. The lowest BCUT2D eigenvalue weighted by molar-refractivity contribution is -0.139. The molecular formula is C24H28N4O7S. The van der Waals surface area contributed by atoms with Gasteiger partial charge < -0.3 is 15.3 Å². The molecule has 1 unspecified atom stereocenters. The van der Waals surface area contributed by atoms with Crippen molar-refractivity contribution in [3.8, 4) is 0 Å². The topological polar surface area (TPSA) is 153 Å². The lowest BCUT2D eigenvalue weighted by atomic mass is 10.0. The smallest absolute Gasteiger partial charge is 0.323 e. The second kappa shape index (κ2) is 11.8. The number of hydrogen-bond acceptors (Lipinski definition) is 6. The van der Waals surface area contributed by atoms with Gasteiger partial charge in [0.1, 0.15) is 12.6 Å². The van der Waals surface area contributed by atoms with Crippen molar-refractivity contribution in [3.63, 3.8) is 0 Å². The van der Waals surface area contributed by atoms with Gasteiger partial charge in [0.25, 0.3) is 5.91 Å². The van der Waals surface area contributed by atoms with Gasteiger partial charge in [0.05, 0.1) is 6.54 Å². The largest absolute Gasteiger partial charge is 0.480 e. The molecule has 1 aliphatic heterocycles. The van der Waals surface area contributed by atoms with Crippen molar-refractivity contribution in [3.05, 3.63) is 71.3 Å². The standard InChI is InChI=1S/C24H28N4O7S/c1-2-3-13-25-23(32)22(18-7-5-4-6-8-18)28(16-21(30)31)24(33)19-11-9-17(10-12-19)14-27-15-20(29)26-36(27,34)35/h4-12,22H,2-3,13-16H2,1H3,(H,25,32)(H,26,29)(H,30,31). The maximum Gasteiger partial charge on any atom is 0.323 e. The van der Waals surface area contributed by atoms with Gasteiger partial charge in [-0.05, 0) is 29.7 Å². The molecule has 192 valence electrons. The van der Waals surface area contributed by atoms with Crippen LogP contribution in [0.1, 0.15) is 47.3 Å². The molecule has 1 saturated heterocycles. The summed E-state index contributed by atoms with van der Waals surface area (Å²) in [6.07, 6.45) is 1.58. The maximum atomic E-state index is 13.5. The average molecular weight is 517 g/mol. The van der Waals surface area contributed by atoms with Crippen LogP contribution in [0.15, 0.2) is 54.6 Å². The summed E-state index contributed by atoms with van der Waals surface area (Å²) in [5.74, 6) is -3.07. The molecule has 2 aromatic rings. The van der Waals surface area contributed by atoms with Crippen molar-refractivity contribution in [2.24, 2.45) is 0 Å². The van der Waals surface area contributed by atoms with E-state index in [1.165, 1.54) is 24.3 Å². The summed E-state index contributed by atoms with van der Waals surface area (Å²) >= 11 is 0. The zero-order valence-electron chi connectivity index (χ0n) is 19.7. The zero-order chi connectivity index (χ0) is 26.3. The van der Waals surface area contributed by atoms with E-state index >= 15 is 0 Å². The van der Waals surface area contributed by atoms with E-state index in [9.17, 15) is 32.7 Å². The third kappa shape index (κ3) is 6.67. The summed E-state index contributed by atoms with van der Waals surface area (Å²) in [5.41, 5.74) is 1.11. The lowest BCUT2D eigenvalue weighted by Gasteiger charge is -2.30. The molecule has 3 amide bonds. The van der Waals surface area contributed by atoms with E-state index < -0.39 is 46.5 Å². The Morgan fingerprint density at radius 3 is 2.33 bits per heavy atom. The number of carbonyl (C=O) groups is 4. The summed E-state index contributed by atoms with van der Waals surface area (Å²) in [6.45, 7) is 1.26. The Balaban J connectivity index is 1.87. The molecule has 1 aliphatic rings. The Hall–Kier alpha value is -3.77. The molecule has 0 aliphatic carbocycles. The normalized spacial score (nSPS) is 15.6. The lowest BCUT2D eigenvalue weighted by Crippen LogP contribution is -2.46. The summed E-state index contributed by atoms with van der Waals surface area (Å²) in [5, 5.41) is 12.3. The van der Waals surface area contributed by atoms with Crippen LogP contribution in [0.3, 0.4) is 0 Å². The first-order valence-corrected chi connectivity index (χ1v) is 12.8. The quantitative estimate of drug-likeness (QED) is 0.377. The van der Waals surface area contributed by atoms with E-state index in [2.05, 4.69) is 5.32 Å². The number of nitrogens with one attached hydrogen (secondary N) is 2. The molecule has 36 heavy (non-hydrogen) atoms. The van der Waals surface area contributed by atoms with Crippen LogP contribution in [-0.4, -0.2) is 66.1 Å². The fraction of sp³-hybridized carbons (Fsp3) is 0.333. The van der Waals surface area contributed by atoms with Crippen LogP contribution < -0.4 is 10.0 Å².